The van der Waals surface area contributed by atoms with Crippen molar-refractivity contribution >= 4 is 17.6 Å². The van der Waals surface area contributed by atoms with E-state index in [1.807, 2.05) is 43.3 Å². The molecule has 29 heavy (non-hydrogen) atoms. The van der Waals surface area contributed by atoms with E-state index < -0.39 is 5.97 Å². The van der Waals surface area contributed by atoms with Crippen LogP contribution in [0.25, 0.3) is 0 Å². The number of carbonyl (C=O) groups is 2. The van der Waals surface area contributed by atoms with Gasteiger partial charge >= 0.3 is 5.97 Å². The fraction of sp³-hybridized carbons (Fsp3) is 0.421. The Morgan fingerprint density at radius 3 is 2.48 bits per heavy atom. The Morgan fingerprint density at radius 1 is 1.10 bits per heavy atom. The van der Waals surface area contributed by atoms with E-state index in [-0.39, 0.29) is 17.9 Å². The molecule has 0 saturated heterocycles. The Hall–Kier alpha value is -3.43. The highest BCUT2D eigenvalue weighted by molar-refractivity contribution is 5.91. The second kappa shape index (κ2) is 8.29. The van der Waals surface area contributed by atoms with E-state index in [2.05, 4.69) is 20.6 Å². The third-order valence-corrected chi connectivity index (χ3v) is 4.79. The lowest BCUT2D eigenvalue weighted by atomic mass is 10.2. The molecule has 10 nitrogen and oxygen atoms in total. The summed E-state index contributed by atoms with van der Waals surface area (Å²) in [5, 5.41) is 24.8. The van der Waals surface area contributed by atoms with Crippen molar-refractivity contribution in [3.05, 3.63) is 46.8 Å². The predicted octanol–water partition coefficient (Wildman–Crippen LogP) is 2.00. The van der Waals surface area contributed by atoms with Crippen LogP contribution >= 0.6 is 0 Å². The first-order valence-corrected chi connectivity index (χ1v) is 9.41. The van der Waals surface area contributed by atoms with E-state index in [4.69, 9.17) is 5.11 Å². The van der Waals surface area contributed by atoms with Gasteiger partial charge in [0.25, 0.3) is 0 Å². The number of nitrogens with one attached hydrogen (secondary N) is 1. The highest BCUT2D eigenvalue weighted by Gasteiger charge is 2.16. The molecule has 0 atom stereocenters. The van der Waals surface area contributed by atoms with Gasteiger partial charge in [0.2, 0.25) is 5.91 Å². The number of amides is 1. The van der Waals surface area contributed by atoms with Crippen LogP contribution in [0.4, 0.5) is 5.69 Å². The van der Waals surface area contributed by atoms with Gasteiger partial charge in [-0.1, -0.05) is 0 Å². The number of hydrogen-bond acceptors (Lipinski definition) is 5. The largest absolute Gasteiger partial charge is 0.478 e. The molecule has 3 heterocycles. The van der Waals surface area contributed by atoms with Crippen molar-refractivity contribution in [2.45, 2.75) is 53.8 Å². The van der Waals surface area contributed by atoms with Gasteiger partial charge in [0.05, 0.1) is 41.1 Å². The van der Waals surface area contributed by atoms with Crippen LogP contribution in [0.3, 0.4) is 0 Å². The summed E-state index contributed by atoms with van der Waals surface area (Å²) < 4.78 is 5.20. The number of aromatic carboxylic acids is 1. The SMILES string of the molecule is CCn1cc(Cn2nc(C)c(NC(=O)CCn3cc(C(=O)O)cn3)c2C)c(C)n1. The number of aryl methyl sites for hydroxylation is 4. The van der Waals surface area contributed by atoms with Crippen LogP contribution in [0.15, 0.2) is 18.6 Å². The minimum atomic E-state index is -1.04. The molecule has 1 amide bonds. The Balaban J connectivity index is 1.65. The van der Waals surface area contributed by atoms with E-state index in [1.54, 1.807) is 0 Å². The van der Waals surface area contributed by atoms with E-state index in [9.17, 15) is 9.59 Å². The number of carbonyl (C=O) groups excluding carboxylic acids is 1. The minimum absolute atomic E-state index is 0.0973. The van der Waals surface area contributed by atoms with Gasteiger partial charge in [-0.05, 0) is 27.7 Å². The molecule has 0 radical (unpaired) electrons. The number of nitrogens with zero attached hydrogens (tertiary/aromatic N) is 6. The molecule has 3 rings (SSSR count). The van der Waals surface area contributed by atoms with Crippen molar-refractivity contribution in [1.82, 2.24) is 29.3 Å². The molecule has 0 fully saturated rings. The Kier molecular flexibility index (Phi) is 5.81. The second-order valence-corrected chi connectivity index (χ2v) is 6.89. The second-order valence-electron chi connectivity index (χ2n) is 6.89. The number of aromatic nitrogens is 6. The van der Waals surface area contributed by atoms with Crippen molar-refractivity contribution in [2.75, 3.05) is 5.32 Å². The van der Waals surface area contributed by atoms with Crippen molar-refractivity contribution in [2.24, 2.45) is 0 Å². The number of carboxylic acid groups (broad SMARTS) is 1. The lowest BCUT2D eigenvalue weighted by Gasteiger charge is -2.07. The van der Waals surface area contributed by atoms with Gasteiger partial charge < -0.3 is 10.4 Å². The Bertz CT molecular complexity index is 1040. The molecule has 0 bridgehead atoms. The van der Waals surface area contributed by atoms with Crippen molar-refractivity contribution in [1.29, 1.82) is 0 Å². The Morgan fingerprint density at radius 2 is 1.86 bits per heavy atom. The maximum absolute atomic E-state index is 12.4. The van der Waals surface area contributed by atoms with Crippen molar-refractivity contribution in [3.63, 3.8) is 0 Å². The van der Waals surface area contributed by atoms with Gasteiger partial charge in [-0.25, -0.2) is 4.79 Å². The lowest BCUT2D eigenvalue weighted by molar-refractivity contribution is -0.116. The van der Waals surface area contributed by atoms with Gasteiger partial charge in [0.15, 0.2) is 0 Å². The summed E-state index contributed by atoms with van der Waals surface area (Å²) in [6.45, 7) is 9.47. The zero-order valence-electron chi connectivity index (χ0n) is 17.0. The number of hydrogen-bond donors (Lipinski definition) is 2. The fourth-order valence-corrected chi connectivity index (χ4v) is 3.08. The summed E-state index contributed by atoms with van der Waals surface area (Å²) in [4.78, 5) is 23.3. The van der Waals surface area contributed by atoms with Gasteiger partial charge in [-0.3, -0.25) is 18.8 Å². The van der Waals surface area contributed by atoms with Crippen LogP contribution in [0.1, 0.15) is 46.3 Å². The molecule has 0 aliphatic rings. The van der Waals surface area contributed by atoms with Crippen LogP contribution in [-0.2, 0) is 24.4 Å². The van der Waals surface area contributed by atoms with Crippen molar-refractivity contribution in [3.8, 4) is 0 Å². The summed E-state index contributed by atoms with van der Waals surface area (Å²) in [5.74, 6) is -1.22. The van der Waals surface area contributed by atoms with E-state index in [0.717, 1.165) is 29.2 Å². The first-order valence-electron chi connectivity index (χ1n) is 9.41. The normalized spacial score (nSPS) is 11.0. The number of carboxylic acids is 1. The molecule has 0 unspecified atom stereocenters. The molecule has 0 aliphatic heterocycles. The molecule has 2 N–H and O–H groups in total. The molecule has 0 spiro atoms. The van der Waals surface area contributed by atoms with Gasteiger partial charge in [0, 0.05) is 37.5 Å². The van der Waals surface area contributed by atoms with Crippen molar-refractivity contribution < 1.29 is 14.7 Å². The summed E-state index contributed by atoms with van der Waals surface area (Å²) >= 11 is 0. The average Bonchev–Trinajstić information content (AvgIpc) is 3.35. The predicted molar refractivity (Wildman–Crippen MR) is 106 cm³/mol. The van der Waals surface area contributed by atoms with Crippen LogP contribution < -0.4 is 5.32 Å². The molecule has 3 aromatic rings. The highest BCUT2D eigenvalue weighted by atomic mass is 16.4. The summed E-state index contributed by atoms with van der Waals surface area (Å²) in [7, 11) is 0. The third kappa shape index (κ3) is 4.53. The van der Waals surface area contributed by atoms with E-state index >= 15 is 0 Å². The van der Waals surface area contributed by atoms with Gasteiger partial charge in [-0.2, -0.15) is 15.3 Å². The molecule has 0 aliphatic carbocycles. The lowest BCUT2D eigenvalue weighted by Crippen LogP contribution is -2.16. The monoisotopic (exact) mass is 399 g/mol. The molecule has 0 aromatic carbocycles. The zero-order chi connectivity index (χ0) is 21.1. The smallest absolute Gasteiger partial charge is 0.338 e. The summed E-state index contributed by atoms with van der Waals surface area (Å²) in [5.41, 5.74) is 4.45. The number of rotatable bonds is 8. The molecule has 3 aromatic heterocycles. The zero-order valence-corrected chi connectivity index (χ0v) is 17.0. The first-order chi connectivity index (χ1) is 13.8. The van der Waals surface area contributed by atoms with E-state index in [0.29, 0.717) is 18.8 Å². The topological polar surface area (TPSA) is 120 Å². The van der Waals surface area contributed by atoms with Crippen LogP contribution in [0.5, 0.6) is 0 Å². The van der Waals surface area contributed by atoms with Gasteiger partial charge in [0.1, 0.15) is 0 Å². The van der Waals surface area contributed by atoms with Crippen LogP contribution in [0, 0.1) is 20.8 Å². The molecule has 0 saturated carbocycles. The molecule has 154 valence electrons. The molecule has 10 heteroatoms. The number of anilines is 1. The third-order valence-electron chi connectivity index (χ3n) is 4.79. The fourth-order valence-electron chi connectivity index (χ4n) is 3.08. The van der Waals surface area contributed by atoms with E-state index in [1.165, 1.54) is 17.1 Å². The molecular formula is C19H25N7O3. The maximum Gasteiger partial charge on any atom is 0.338 e. The quantitative estimate of drug-likeness (QED) is 0.598. The summed E-state index contributed by atoms with van der Waals surface area (Å²) in [6, 6.07) is 0. The standard InChI is InChI=1S/C19H25N7O3/c1-5-24-10-16(12(2)22-24)11-26-14(4)18(13(3)23-26)21-17(27)6-7-25-9-15(8-20-25)19(28)29/h8-10H,5-7,11H2,1-4H3,(H,21,27)(H,28,29). The van der Waals surface area contributed by atoms with Crippen LogP contribution in [0.2, 0.25) is 0 Å². The Labute approximate surface area is 168 Å². The molecular weight excluding hydrogens is 374 g/mol. The first kappa shape index (κ1) is 20.3. The maximum atomic E-state index is 12.4. The van der Waals surface area contributed by atoms with Gasteiger partial charge in [-0.15, -0.1) is 0 Å². The highest BCUT2D eigenvalue weighted by Crippen LogP contribution is 2.21. The average molecular weight is 399 g/mol. The summed E-state index contributed by atoms with van der Waals surface area (Å²) in [6.07, 6.45) is 4.86. The minimum Gasteiger partial charge on any atom is -0.478 e. The van der Waals surface area contributed by atoms with Crippen LogP contribution in [-0.4, -0.2) is 46.3 Å².